The average molecular weight is 438 g/mol. The number of halogens is 1. The highest BCUT2D eigenvalue weighted by Crippen LogP contribution is 2.15. The van der Waals surface area contributed by atoms with Crippen molar-refractivity contribution in [2.24, 2.45) is 10.4 Å². The van der Waals surface area contributed by atoms with Crippen LogP contribution < -0.4 is 16.0 Å². The first-order valence-electron chi connectivity index (χ1n) is 7.26. The molecule has 0 bridgehead atoms. The van der Waals surface area contributed by atoms with Gasteiger partial charge in [-0.05, 0) is 38.6 Å². The molecule has 1 amide bonds. The minimum Gasteiger partial charge on any atom is -0.359 e. The molecule has 0 unspecified atom stereocenters. The smallest absolute Gasteiger partial charge is 0.227 e. The number of carbonyl (C=O) groups is 1. The number of nitrogens with one attached hydrogen (secondary N) is 3. The summed E-state index contributed by atoms with van der Waals surface area (Å²) < 4.78 is 0. The molecule has 0 aliphatic carbocycles. The topological polar surface area (TPSA) is 65.5 Å². The molecule has 1 rings (SSSR count). The molecule has 0 aliphatic heterocycles. The zero-order chi connectivity index (χ0) is 15.7. The van der Waals surface area contributed by atoms with Crippen molar-refractivity contribution in [1.82, 2.24) is 16.0 Å². The van der Waals surface area contributed by atoms with Gasteiger partial charge < -0.3 is 16.0 Å². The van der Waals surface area contributed by atoms with Crippen molar-refractivity contribution in [3.05, 3.63) is 22.4 Å². The maximum atomic E-state index is 11.8. The molecule has 0 aliphatic rings. The lowest BCUT2D eigenvalue weighted by Gasteiger charge is -2.21. The number of aliphatic imine (C=N–C) groups is 1. The Bertz CT molecular complexity index is 460. The van der Waals surface area contributed by atoms with Gasteiger partial charge in [-0.1, -0.05) is 6.07 Å². The highest BCUT2D eigenvalue weighted by molar-refractivity contribution is 14.0. The second-order valence-electron chi connectivity index (χ2n) is 5.41. The number of nitrogens with zero attached hydrogens (tertiary/aromatic N) is 1. The van der Waals surface area contributed by atoms with E-state index in [0.717, 1.165) is 25.5 Å². The van der Waals surface area contributed by atoms with Crippen LogP contribution in [0.5, 0.6) is 0 Å². The van der Waals surface area contributed by atoms with Gasteiger partial charge in [0, 0.05) is 25.0 Å². The molecule has 0 saturated carbocycles. The number of thiophene rings is 1. The molecule has 7 heteroatoms. The van der Waals surface area contributed by atoms with Crippen LogP contribution in [0, 0.1) is 5.41 Å². The van der Waals surface area contributed by atoms with E-state index in [2.05, 4.69) is 38.5 Å². The van der Waals surface area contributed by atoms with Crippen LogP contribution in [0.2, 0.25) is 0 Å². The number of hydrogen-bond donors (Lipinski definition) is 3. The van der Waals surface area contributed by atoms with E-state index in [1.54, 1.807) is 18.4 Å². The Morgan fingerprint density at radius 2 is 2.09 bits per heavy atom. The summed E-state index contributed by atoms with van der Waals surface area (Å²) in [7, 11) is 1.65. The normalized spacial score (nSPS) is 11.5. The molecular weight excluding hydrogens is 411 g/mol. The molecule has 0 saturated heterocycles. The Balaban J connectivity index is 0.00000441. The second kappa shape index (κ2) is 10.8. The average Bonchev–Trinajstić information content (AvgIpc) is 2.97. The number of amides is 1. The largest absolute Gasteiger partial charge is 0.359 e. The highest BCUT2D eigenvalue weighted by Gasteiger charge is 2.26. The minimum atomic E-state index is -0.509. The standard InChI is InChI=1S/C15H26N4OS.HI/c1-5-17-14(18-9-8-12-7-6-10-21-12)19-11-15(2,3)13(20)16-4;/h6-7,10H,5,8-9,11H2,1-4H3,(H,16,20)(H2,17,18,19);1H. The molecule has 1 heterocycles. The Morgan fingerprint density at radius 3 is 2.64 bits per heavy atom. The van der Waals surface area contributed by atoms with E-state index in [4.69, 9.17) is 0 Å². The third kappa shape index (κ3) is 7.44. The third-order valence-corrected chi connectivity index (χ3v) is 4.00. The minimum absolute atomic E-state index is 0. The molecule has 0 spiro atoms. The van der Waals surface area contributed by atoms with Gasteiger partial charge in [-0.15, -0.1) is 35.3 Å². The van der Waals surface area contributed by atoms with Crippen molar-refractivity contribution in [3.8, 4) is 0 Å². The molecule has 3 N–H and O–H groups in total. The lowest BCUT2D eigenvalue weighted by molar-refractivity contribution is -0.128. The van der Waals surface area contributed by atoms with Crippen molar-refractivity contribution in [1.29, 1.82) is 0 Å². The van der Waals surface area contributed by atoms with E-state index in [-0.39, 0.29) is 29.9 Å². The predicted molar refractivity (Wildman–Crippen MR) is 105 cm³/mol. The van der Waals surface area contributed by atoms with Crippen LogP contribution in [0.15, 0.2) is 22.5 Å². The quantitative estimate of drug-likeness (QED) is 0.348. The summed E-state index contributed by atoms with van der Waals surface area (Å²) in [5, 5.41) is 11.3. The molecule has 22 heavy (non-hydrogen) atoms. The first-order chi connectivity index (χ1) is 9.99. The molecule has 0 fully saturated rings. The van der Waals surface area contributed by atoms with Crippen molar-refractivity contribution in [2.45, 2.75) is 27.2 Å². The summed E-state index contributed by atoms with van der Waals surface area (Å²) in [6, 6.07) is 4.19. The van der Waals surface area contributed by atoms with Gasteiger partial charge in [-0.3, -0.25) is 9.79 Å². The third-order valence-electron chi connectivity index (χ3n) is 3.06. The van der Waals surface area contributed by atoms with Gasteiger partial charge in [-0.2, -0.15) is 0 Å². The molecule has 1 aromatic rings. The summed E-state index contributed by atoms with van der Waals surface area (Å²) in [5.74, 6) is 0.756. The van der Waals surface area contributed by atoms with E-state index in [9.17, 15) is 4.79 Å². The zero-order valence-electron chi connectivity index (χ0n) is 13.7. The van der Waals surface area contributed by atoms with Crippen molar-refractivity contribution in [3.63, 3.8) is 0 Å². The fraction of sp³-hybridized carbons (Fsp3) is 0.600. The monoisotopic (exact) mass is 438 g/mol. The van der Waals surface area contributed by atoms with E-state index in [0.29, 0.717) is 6.54 Å². The molecule has 5 nitrogen and oxygen atoms in total. The van der Waals surface area contributed by atoms with E-state index >= 15 is 0 Å². The van der Waals surface area contributed by atoms with E-state index < -0.39 is 5.41 Å². The van der Waals surface area contributed by atoms with E-state index in [1.165, 1.54) is 4.88 Å². The molecule has 0 atom stereocenters. The van der Waals surface area contributed by atoms with Gasteiger partial charge in [0.1, 0.15) is 0 Å². The van der Waals surface area contributed by atoms with E-state index in [1.807, 2.05) is 20.8 Å². The number of hydrogen-bond acceptors (Lipinski definition) is 3. The van der Waals surface area contributed by atoms with Gasteiger partial charge in [0.15, 0.2) is 5.96 Å². The Kier molecular flexibility index (Phi) is 10.4. The van der Waals surface area contributed by atoms with Gasteiger partial charge in [-0.25, -0.2) is 0 Å². The van der Waals surface area contributed by atoms with Crippen LogP contribution >= 0.6 is 35.3 Å². The van der Waals surface area contributed by atoms with Crippen molar-refractivity contribution < 1.29 is 4.79 Å². The van der Waals surface area contributed by atoms with Crippen LogP contribution in [-0.4, -0.2) is 38.5 Å². The fourth-order valence-electron chi connectivity index (χ4n) is 1.79. The van der Waals surface area contributed by atoms with Gasteiger partial charge in [0.25, 0.3) is 0 Å². The second-order valence-corrected chi connectivity index (χ2v) is 6.45. The molecular formula is C15H27IN4OS. The lowest BCUT2D eigenvalue weighted by atomic mass is 9.93. The Morgan fingerprint density at radius 1 is 1.36 bits per heavy atom. The fourth-order valence-corrected chi connectivity index (χ4v) is 2.50. The Hall–Kier alpha value is -0.830. The van der Waals surface area contributed by atoms with Crippen LogP contribution in [-0.2, 0) is 11.2 Å². The number of guanidine groups is 1. The number of rotatable bonds is 7. The van der Waals surface area contributed by atoms with Crippen LogP contribution in [0.3, 0.4) is 0 Å². The zero-order valence-corrected chi connectivity index (χ0v) is 16.9. The summed E-state index contributed by atoms with van der Waals surface area (Å²) in [6.07, 6.45) is 0.973. The lowest BCUT2D eigenvalue weighted by Crippen LogP contribution is -2.41. The maximum Gasteiger partial charge on any atom is 0.227 e. The van der Waals surface area contributed by atoms with Gasteiger partial charge in [0.2, 0.25) is 5.91 Å². The van der Waals surface area contributed by atoms with Gasteiger partial charge >= 0.3 is 0 Å². The van der Waals surface area contributed by atoms with Crippen LogP contribution in [0.25, 0.3) is 0 Å². The molecule has 0 radical (unpaired) electrons. The number of carbonyl (C=O) groups excluding carboxylic acids is 1. The highest BCUT2D eigenvalue weighted by atomic mass is 127. The first kappa shape index (κ1) is 21.2. The Labute approximate surface area is 154 Å². The molecule has 0 aromatic carbocycles. The van der Waals surface area contributed by atoms with Crippen molar-refractivity contribution >= 4 is 47.2 Å². The summed E-state index contributed by atoms with van der Waals surface area (Å²) in [4.78, 5) is 17.6. The van der Waals surface area contributed by atoms with Crippen LogP contribution in [0.1, 0.15) is 25.6 Å². The van der Waals surface area contributed by atoms with Crippen LogP contribution in [0.4, 0.5) is 0 Å². The predicted octanol–water partition coefficient (Wildman–Crippen LogP) is 2.24. The molecule has 1 aromatic heterocycles. The maximum absolute atomic E-state index is 11.8. The first-order valence-corrected chi connectivity index (χ1v) is 8.14. The summed E-state index contributed by atoms with van der Waals surface area (Å²) in [5.41, 5.74) is -0.509. The summed E-state index contributed by atoms with van der Waals surface area (Å²) >= 11 is 1.76. The van der Waals surface area contributed by atoms with Crippen molar-refractivity contribution in [2.75, 3.05) is 26.7 Å². The SMILES string of the molecule is CCNC(=NCC(C)(C)C(=O)NC)NCCc1cccs1.I. The van der Waals surface area contributed by atoms with Gasteiger partial charge in [0.05, 0.1) is 12.0 Å². The molecule has 126 valence electrons. The summed E-state index contributed by atoms with van der Waals surface area (Å²) in [6.45, 7) is 7.88.